The molecule has 1 saturated heterocycles. The van der Waals surface area contributed by atoms with Crippen molar-refractivity contribution in [3.8, 4) is 0 Å². The molecule has 1 aromatic heterocycles. The van der Waals surface area contributed by atoms with Crippen molar-refractivity contribution in [1.29, 1.82) is 0 Å². The monoisotopic (exact) mass is 385 g/mol. The minimum atomic E-state index is -0.230. The molecule has 1 aliphatic heterocycles. The van der Waals surface area contributed by atoms with Gasteiger partial charge in [0.25, 0.3) is 0 Å². The van der Waals surface area contributed by atoms with E-state index < -0.39 is 0 Å². The summed E-state index contributed by atoms with van der Waals surface area (Å²) in [6.45, 7) is 7.05. The van der Waals surface area contributed by atoms with Crippen LogP contribution in [0.5, 0.6) is 0 Å². The van der Waals surface area contributed by atoms with Gasteiger partial charge in [0.05, 0.1) is 11.7 Å². The highest BCUT2D eigenvalue weighted by Crippen LogP contribution is 2.40. The van der Waals surface area contributed by atoms with Gasteiger partial charge in [-0.3, -0.25) is 5.32 Å². The number of aromatic nitrogens is 2. The molecule has 2 amide bonds. The van der Waals surface area contributed by atoms with Crippen LogP contribution >= 0.6 is 0 Å². The number of rotatable bonds is 4. The summed E-state index contributed by atoms with van der Waals surface area (Å²) in [6, 6.07) is 8.73. The third kappa shape index (κ3) is 4.13. The maximum atomic E-state index is 13.2. The Morgan fingerprint density at radius 3 is 2.64 bits per heavy atom. The first kappa shape index (κ1) is 18.8. The second kappa shape index (κ2) is 7.81. The Labute approximate surface area is 165 Å². The molecule has 7 heteroatoms. The number of halogens is 1. The zero-order valence-electron chi connectivity index (χ0n) is 16.6. The van der Waals surface area contributed by atoms with Gasteiger partial charge in [-0.25, -0.2) is 13.9 Å². The Kier molecular flexibility index (Phi) is 5.24. The fourth-order valence-electron chi connectivity index (χ4n) is 3.92. The number of nitrogens with zero attached hydrogens (tertiary/aromatic N) is 4. The van der Waals surface area contributed by atoms with E-state index in [0.717, 1.165) is 36.7 Å². The predicted molar refractivity (Wildman–Crippen MR) is 108 cm³/mol. The smallest absolute Gasteiger partial charge is 0.323 e. The number of carbonyl (C=O) groups is 1. The lowest BCUT2D eigenvalue weighted by molar-refractivity contribution is 0.215. The van der Waals surface area contributed by atoms with Gasteiger partial charge in [-0.15, -0.1) is 0 Å². The largest absolute Gasteiger partial charge is 0.370 e. The molecule has 2 heterocycles. The van der Waals surface area contributed by atoms with E-state index in [4.69, 9.17) is 0 Å². The molecule has 2 fully saturated rings. The fourth-order valence-corrected chi connectivity index (χ4v) is 3.92. The third-order valence-electron chi connectivity index (χ3n) is 5.76. The van der Waals surface area contributed by atoms with Gasteiger partial charge in [0.1, 0.15) is 11.6 Å². The summed E-state index contributed by atoms with van der Waals surface area (Å²) < 4.78 is 15.1. The van der Waals surface area contributed by atoms with E-state index in [2.05, 4.69) is 22.2 Å². The summed E-state index contributed by atoms with van der Waals surface area (Å²) in [6.07, 6.45) is 3.35. The molecule has 1 aliphatic carbocycles. The Morgan fingerprint density at radius 2 is 1.93 bits per heavy atom. The standard InChI is InChI=1S/C21H28FN5O/c1-15-14-20(27(24-15)16(2)17-4-5-17)23-21(28)26-11-3-10-25(12-13-26)19-8-6-18(22)7-9-19/h6-9,14,16-17H,3-5,10-13H2,1-2H3,(H,23,28)/t16-/m0/s1. The molecule has 1 atom stereocenters. The van der Waals surface area contributed by atoms with Crippen LogP contribution in [0.4, 0.5) is 20.7 Å². The van der Waals surface area contributed by atoms with Crippen LogP contribution in [0.25, 0.3) is 0 Å². The third-order valence-corrected chi connectivity index (χ3v) is 5.76. The van der Waals surface area contributed by atoms with Crippen molar-refractivity contribution in [2.24, 2.45) is 5.92 Å². The van der Waals surface area contributed by atoms with Gasteiger partial charge in [0.2, 0.25) is 0 Å². The molecule has 0 unspecified atom stereocenters. The number of aryl methyl sites for hydroxylation is 1. The zero-order chi connectivity index (χ0) is 19.7. The van der Waals surface area contributed by atoms with Crippen molar-refractivity contribution in [2.75, 3.05) is 36.4 Å². The minimum absolute atomic E-state index is 0.0786. The second-order valence-corrected chi connectivity index (χ2v) is 7.93. The van der Waals surface area contributed by atoms with Gasteiger partial charge in [-0.1, -0.05) is 0 Å². The Hall–Kier alpha value is -2.57. The molecule has 4 rings (SSSR count). The molecule has 0 spiro atoms. The van der Waals surface area contributed by atoms with Gasteiger partial charge in [0, 0.05) is 37.9 Å². The normalized spacial score (nSPS) is 18.7. The molecule has 150 valence electrons. The molecule has 2 aromatic rings. The number of carbonyl (C=O) groups excluding carboxylic acids is 1. The molecule has 1 aromatic carbocycles. The molecular weight excluding hydrogens is 357 g/mol. The van der Waals surface area contributed by atoms with Crippen LogP contribution < -0.4 is 10.2 Å². The van der Waals surface area contributed by atoms with Crippen molar-refractivity contribution < 1.29 is 9.18 Å². The lowest BCUT2D eigenvalue weighted by atomic mass is 10.2. The molecule has 6 nitrogen and oxygen atoms in total. The highest BCUT2D eigenvalue weighted by atomic mass is 19.1. The average Bonchev–Trinajstić information content (AvgIpc) is 3.48. The summed E-state index contributed by atoms with van der Waals surface area (Å²) in [7, 11) is 0. The molecule has 2 aliphatic rings. The first-order chi connectivity index (χ1) is 13.5. The van der Waals surface area contributed by atoms with Crippen LogP contribution in [-0.2, 0) is 0 Å². The molecule has 0 radical (unpaired) electrons. The molecular formula is C21H28FN5O. The van der Waals surface area contributed by atoms with Crippen LogP contribution in [0.2, 0.25) is 0 Å². The summed E-state index contributed by atoms with van der Waals surface area (Å²) in [5, 5.41) is 7.67. The molecule has 1 saturated carbocycles. The Morgan fingerprint density at radius 1 is 1.18 bits per heavy atom. The van der Waals surface area contributed by atoms with Crippen LogP contribution in [0.1, 0.15) is 37.9 Å². The highest BCUT2D eigenvalue weighted by molar-refractivity contribution is 5.88. The van der Waals surface area contributed by atoms with E-state index in [1.54, 1.807) is 12.1 Å². The molecule has 28 heavy (non-hydrogen) atoms. The number of anilines is 2. The van der Waals surface area contributed by atoms with Crippen LogP contribution in [0, 0.1) is 18.7 Å². The fraction of sp³-hybridized carbons (Fsp3) is 0.524. The van der Waals surface area contributed by atoms with E-state index >= 15 is 0 Å². The predicted octanol–water partition coefficient (Wildman–Crippen LogP) is 4.05. The summed E-state index contributed by atoms with van der Waals surface area (Å²) in [4.78, 5) is 16.9. The maximum absolute atomic E-state index is 13.2. The summed E-state index contributed by atoms with van der Waals surface area (Å²) in [5.41, 5.74) is 1.91. The van der Waals surface area contributed by atoms with Gasteiger partial charge < -0.3 is 9.80 Å². The number of hydrogen-bond donors (Lipinski definition) is 1. The van der Waals surface area contributed by atoms with Crippen LogP contribution in [0.15, 0.2) is 30.3 Å². The number of urea groups is 1. The number of amides is 2. The minimum Gasteiger partial charge on any atom is -0.370 e. The van der Waals surface area contributed by atoms with Gasteiger partial charge in [0.15, 0.2) is 0 Å². The zero-order valence-corrected chi connectivity index (χ0v) is 16.6. The first-order valence-electron chi connectivity index (χ1n) is 10.1. The van der Waals surface area contributed by atoms with E-state index in [0.29, 0.717) is 25.0 Å². The van der Waals surface area contributed by atoms with Gasteiger partial charge in [-0.05, 0) is 63.3 Å². The number of nitrogens with one attached hydrogen (secondary N) is 1. The Bertz CT molecular complexity index is 830. The SMILES string of the molecule is Cc1cc(NC(=O)N2CCCN(c3ccc(F)cc3)CC2)n([C@@H](C)C2CC2)n1. The lowest BCUT2D eigenvalue weighted by Crippen LogP contribution is -2.38. The lowest BCUT2D eigenvalue weighted by Gasteiger charge is -2.24. The maximum Gasteiger partial charge on any atom is 0.323 e. The topological polar surface area (TPSA) is 53.4 Å². The second-order valence-electron chi connectivity index (χ2n) is 7.93. The van der Waals surface area contributed by atoms with E-state index in [9.17, 15) is 9.18 Å². The van der Waals surface area contributed by atoms with Crippen molar-refractivity contribution in [1.82, 2.24) is 14.7 Å². The number of hydrogen-bond acceptors (Lipinski definition) is 3. The van der Waals surface area contributed by atoms with Crippen molar-refractivity contribution in [3.05, 3.63) is 41.8 Å². The molecule has 1 N–H and O–H groups in total. The van der Waals surface area contributed by atoms with Gasteiger partial charge in [-0.2, -0.15) is 5.10 Å². The van der Waals surface area contributed by atoms with Gasteiger partial charge >= 0.3 is 6.03 Å². The summed E-state index contributed by atoms with van der Waals surface area (Å²) in [5.74, 6) is 1.21. The highest BCUT2D eigenvalue weighted by Gasteiger charge is 2.31. The first-order valence-corrected chi connectivity index (χ1v) is 10.1. The van der Waals surface area contributed by atoms with Crippen molar-refractivity contribution >= 4 is 17.5 Å². The van der Waals surface area contributed by atoms with E-state index in [1.165, 1.54) is 25.0 Å². The van der Waals surface area contributed by atoms with Crippen LogP contribution in [-0.4, -0.2) is 46.9 Å². The number of benzene rings is 1. The average molecular weight is 385 g/mol. The van der Waals surface area contributed by atoms with Crippen molar-refractivity contribution in [3.63, 3.8) is 0 Å². The van der Waals surface area contributed by atoms with Crippen molar-refractivity contribution in [2.45, 2.75) is 39.2 Å². The quantitative estimate of drug-likeness (QED) is 0.864. The summed E-state index contributed by atoms with van der Waals surface area (Å²) >= 11 is 0. The Balaban J connectivity index is 1.40. The van der Waals surface area contributed by atoms with Crippen LogP contribution in [0.3, 0.4) is 0 Å². The van der Waals surface area contributed by atoms with E-state index in [1.807, 2.05) is 22.6 Å². The van der Waals surface area contributed by atoms with E-state index in [-0.39, 0.29) is 11.8 Å². The molecule has 0 bridgehead atoms.